The lowest BCUT2D eigenvalue weighted by atomic mass is 10.1. The van der Waals surface area contributed by atoms with Gasteiger partial charge in [-0.2, -0.15) is 0 Å². The topological polar surface area (TPSA) is 66.5 Å². The lowest BCUT2D eigenvalue weighted by Crippen LogP contribution is -2.35. The van der Waals surface area contributed by atoms with Crippen molar-refractivity contribution >= 4 is 50.5 Å². The van der Waals surface area contributed by atoms with Gasteiger partial charge in [0, 0.05) is 18.0 Å². The van der Waals surface area contributed by atoms with Gasteiger partial charge in [0.25, 0.3) is 0 Å². The Labute approximate surface area is 226 Å². The molecule has 4 aromatic rings. The molecule has 0 bridgehead atoms. The monoisotopic (exact) mass is 528 g/mol. The minimum Gasteiger partial charge on any atom is -0.456 e. The number of hydrogen-bond donors (Lipinski definition) is 2. The highest BCUT2D eigenvalue weighted by atomic mass is 32.1. The summed E-state index contributed by atoms with van der Waals surface area (Å²) in [5.41, 5.74) is 2.54. The zero-order valence-corrected chi connectivity index (χ0v) is 22.4. The molecule has 0 spiro atoms. The van der Waals surface area contributed by atoms with Gasteiger partial charge in [-0.1, -0.05) is 56.0 Å². The fraction of sp³-hybridized carbons (Fsp3) is 0.207. The molecular weight excluding hydrogens is 500 g/mol. The standard InChI is InChI=1S/C29H28N4O2S2/c1-3-33(4-2)18-8-11-24-20-25-28(37-24)26(16-17-30-25)35-23-14-12-22(13-15-23)31-29(36)32-27(34)19-21-9-6-5-7-10-21/h5-7,9-10,12-17,20H,3-4,18-19H2,1-2H3,(H2,31,32,34,36). The number of ether oxygens (including phenoxy) is 1. The first-order chi connectivity index (χ1) is 18.0. The first-order valence-corrected chi connectivity index (χ1v) is 13.3. The predicted octanol–water partition coefficient (Wildman–Crippen LogP) is 5.84. The zero-order valence-electron chi connectivity index (χ0n) is 20.8. The number of rotatable bonds is 8. The summed E-state index contributed by atoms with van der Waals surface area (Å²) in [5, 5.41) is 6.00. The first-order valence-electron chi connectivity index (χ1n) is 12.1. The van der Waals surface area contributed by atoms with Gasteiger partial charge in [0.1, 0.15) is 11.5 Å². The Hall–Kier alpha value is -3.77. The number of thiocarbonyl (C=S) groups is 1. The summed E-state index contributed by atoms with van der Waals surface area (Å²) >= 11 is 6.86. The van der Waals surface area contributed by atoms with Crippen molar-refractivity contribution in [3.63, 3.8) is 0 Å². The summed E-state index contributed by atoms with van der Waals surface area (Å²) in [6.45, 7) is 7.00. The van der Waals surface area contributed by atoms with Crippen LogP contribution in [-0.2, 0) is 11.2 Å². The summed E-state index contributed by atoms with van der Waals surface area (Å²) in [5.74, 6) is 7.76. The Morgan fingerprint density at radius 1 is 1.08 bits per heavy atom. The predicted molar refractivity (Wildman–Crippen MR) is 155 cm³/mol. The van der Waals surface area contributed by atoms with E-state index in [0.29, 0.717) is 5.75 Å². The van der Waals surface area contributed by atoms with Crippen LogP contribution in [0.1, 0.15) is 24.3 Å². The average molecular weight is 529 g/mol. The third kappa shape index (κ3) is 7.61. The molecule has 0 atom stereocenters. The van der Waals surface area contributed by atoms with E-state index in [1.807, 2.05) is 66.7 Å². The highest BCUT2D eigenvalue weighted by Gasteiger charge is 2.10. The van der Waals surface area contributed by atoms with Crippen LogP contribution in [0.25, 0.3) is 10.2 Å². The fourth-order valence-electron chi connectivity index (χ4n) is 3.59. The van der Waals surface area contributed by atoms with Gasteiger partial charge >= 0.3 is 0 Å². The van der Waals surface area contributed by atoms with Gasteiger partial charge in [-0.25, -0.2) is 0 Å². The van der Waals surface area contributed by atoms with Crippen molar-refractivity contribution in [2.45, 2.75) is 20.3 Å². The molecule has 188 valence electrons. The summed E-state index contributed by atoms with van der Waals surface area (Å²) in [7, 11) is 0. The van der Waals surface area contributed by atoms with E-state index in [0.717, 1.165) is 51.7 Å². The maximum Gasteiger partial charge on any atom is 0.230 e. The van der Waals surface area contributed by atoms with Gasteiger partial charge in [0.05, 0.1) is 28.1 Å². The number of thiophene rings is 1. The number of fused-ring (bicyclic) bond motifs is 1. The molecule has 2 heterocycles. The van der Waals surface area contributed by atoms with E-state index < -0.39 is 0 Å². The summed E-state index contributed by atoms with van der Waals surface area (Å²) in [6.07, 6.45) is 2.01. The molecule has 0 aliphatic carbocycles. The number of anilines is 1. The van der Waals surface area contributed by atoms with Gasteiger partial charge in [0.2, 0.25) is 5.91 Å². The number of nitrogens with one attached hydrogen (secondary N) is 2. The van der Waals surface area contributed by atoms with E-state index in [9.17, 15) is 4.79 Å². The number of benzene rings is 2. The molecule has 0 fully saturated rings. The lowest BCUT2D eigenvalue weighted by Gasteiger charge is -2.12. The SMILES string of the molecule is CCN(CC)CC#Cc1cc2nccc(Oc3ccc(NC(=S)NC(=O)Cc4ccccc4)cc3)c2s1. The van der Waals surface area contributed by atoms with Crippen LogP contribution in [0.2, 0.25) is 0 Å². The summed E-state index contributed by atoms with van der Waals surface area (Å²) in [4.78, 5) is 19.9. The largest absolute Gasteiger partial charge is 0.456 e. The Balaban J connectivity index is 1.36. The van der Waals surface area contributed by atoms with Gasteiger partial charge < -0.3 is 15.4 Å². The maximum atomic E-state index is 12.2. The molecule has 2 aromatic carbocycles. The number of carbonyl (C=O) groups excluding carboxylic acids is 1. The second-order valence-electron chi connectivity index (χ2n) is 8.19. The van der Waals surface area contributed by atoms with E-state index in [-0.39, 0.29) is 17.4 Å². The maximum absolute atomic E-state index is 12.2. The second kappa shape index (κ2) is 13.0. The van der Waals surface area contributed by atoms with Crippen LogP contribution in [0.15, 0.2) is 72.9 Å². The second-order valence-corrected chi connectivity index (χ2v) is 9.65. The van der Waals surface area contributed by atoms with Gasteiger partial charge in [0.15, 0.2) is 5.11 Å². The summed E-state index contributed by atoms with van der Waals surface area (Å²) in [6, 6.07) is 20.8. The number of aromatic nitrogens is 1. The highest BCUT2D eigenvalue weighted by Crippen LogP contribution is 2.34. The third-order valence-corrected chi connectivity index (χ3v) is 6.84. The quantitative estimate of drug-likeness (QED) is 0.221. The molecule has 2 N–H and O–H groups in total. The molecule has 0 aliphatic rings. The molecular formula is C29H28N4O2S2. The smallest absolute Gasteiger partial charge is 0.230 e. The van der Waals surface area contributed by atoms with Gasteiger partial charge in [-0.05, 0) is 61.2 Å². The Kier molecular flexibility index (Phi) is 9.22. The molecule has 4 rings (SSSR count). The van der Waals surface area contributed by atoms with Crippen LogP contribution in [0.4, 0.5) is 5.69 Å². The van der Waals surface area contributed by atoms with Crippen molar-refractivity contribution in [1.82, 2.24) is 15.2 Å². The van der Waals surface area contributed by atoms with Crippen LogP contribution in [0.5, 0.6) is 11.5 Å². The number of nitrogens with zero attached hydrogens (tertiary/aromatic N) is 2. The van der Waals surface area contributed by atoms with E-state index in [4.69, 9.17) is 17.0 Å². The minimum atomic E-state index is -0.168. The molecule has 1 amide bonds. The average Bonchev–Trinajstić information content (AvgIpc) is 3.32. The first kappa shape index (κ1) is 26.3. The number of pyridine rings is 1. The van der Waals surface area contributed by atoms with Crippen molar-refractivity contribution in [3.8, 4) is 23.3 Å². The van der Waals surface area contributed by atoms with Crippen LogP contribution in [0, 0.1) is 11.8 Å². The molecule has 0 unspecified atom stereocenters. The van der Waals surface area contributed by atoms with Crippen LogP contribution in [-0.4, -0.2) is 40.5 Å². The van der Waals surface area contributed by atoms with Crippen LogP contribution >= 0.6 is 23.6 Å². The lowest BCUT2D eigenvalue weighted by molar-refractivity contribution is -0.119. The normalized spacial score (nSPS) is 10.6. The molecule has 0 saturated carbocycles. The Bertz CT molecular complexity index is 1420. The van der Waals surface area contributed by atoms with E-state index in [2.05, 4.69) is 46.2 Å². The minimum absolute atomic E-state index is 0.168. The highest BCUT2D eigenvalue weighted by molar-refractivity contribution is 7.80. The molecule has 2 aromatic heterocycles. The Morgan fingerprint density at radius 3 is 2.57 bits per heavy atom. The Morgan fingerprint density at radius 2 is 1.84 bits per heavy atom. The van der Waals surface area contributed by atoms with Gasteiger partial charge in [-0.15, -0.1) is 11.3 Å². The van der Waals surface area contributed by atoms with E-state index in [1.54, 1.807) is 17.5 Å². The fourth-order valence-corrected chi connectivity index (χ4v) is 4.76. The van der Waals surface area contributed by atoms with E-state index >= 15 is 0 Å². The number of carbonyl (C=O) groups is 1. The van der Waals surface area contributed by atoms with Crippen LogP contribution < -0.4 is 15.4 Å². The molecule has 0 saturated heterocycles. The molecule has 0 radical (unpaired) electrons. The van der Waals surface area contributed by atoms with Gasteiger partial charge in [-0.3, -0.25) is 14.7 Å². The van der Waals surface area contributed by atoms with Crippen LogP contribution in [0.3, 0.4) is 0 Å². The van der Waals surface area contributed by atoms with Crippen molar-refractivity contribution in [2.75, 3.05) is 25.0 Å². The molecule has 37 heavy (non-hydrogen) atoms. The molecule has 6 nitrogen and oxygen atoms in total. The molecule has 8 heteroatoms. The van der Waals surface area contributed by atoms with E-state index in [1.165, 1.54) is 0 Å². The zero-order chi connectivity index (χ0) is 26.0. The summed E-state index contributed by atoms with van der Waals surface area (Å²) < 4.78 is 7.11. The number of hydrogen-bond acceptors (Lipinski definition) is 6. The molecule has 0 aliphatic heterocycles. The number of amides is 1. The van der Waals surface area contributed by atoms with Crippen molar-refractivity contribution < 1.29 is 9.53 Å². The third-order valence-electron chi connectivity index (χ3n) is 5.58. The van der Waals surface area contributed by atoms with Crippen molar-refractivity contribution in [3.05, 3.63) is 83.4 Å². The van der Waals surface area contributed by atoms with Crippen molar-refractivity contribution in [2.24, 2.45) is 0 Å². The van der Waals surface area contributed by atoms with Crippen molar-refractivity contribution in [1.29, 1.82) is 0 Å².